The van der Waals surface area contributed by atoms with Crippen LogP contribution in [0, 0.1) is 13.8 Å². The molecule has 3 rings (SSSR count). The second-order valence-electron chi connectivity index (χ2n) is 7.85. The van der Waals surface area contributed by atoms with Gasteiger partial charge in [0.1, 0.15) is 12.4 Å². The number of nitrogens with zero attached hydrogens (tertiary/aromatic N) is 4. The Kier molecular flexibility index (Phi) is 7.63. The van der Waals surface area contributed by atoms with Gasteiger partial charge in [0, 0.05) is 18.3 Å². The number of amides is 2. The largest absolute Gasteiger partial charge is 0.487 e. The summed E-state index contributed by atoms with van der Waals surface area (Å²) < 4.78 is 7.97. The van der Waals surface area contributed by atoms with Gasteiger partial charge in [-0.05, 0) is 62.1 Å². The van der Waals surface area contributed by atoms with Gasteiger partial charge in [-0.3, -0.25) is 5.01 Å². The highest BCUT2D eigenvalue weighted by molar-refractivity contribution is 6.32. The summed E-state index contributed by atoms with van der Waals surface area (Å²) in [6.45, 7) is 8.40. The van der Waals surface area contributed by atoms with E-state index in [0.717, 1.165) is 51.1 Å². The Morgan fingerprint density at radius 1 is 1.12 bits per heavy atom. The molecule has 0 aliphatic carbocycles. The molecule has 0 saturated heterocycles. The summed E-state index contributed by atoms with van der Waals surface area (Å²) in [5, 5.41) is 7.08. The number of carbonyl (C=O) groups excluding carboxylic acids is 1. The van der Waals surface area contributed by atoms with Crippen LogP contribution in [0.4, 0.5) is 10.5 Å². The highest BCUT2D eigenvalue weighted by Crippen LogP contribution is 2.31. The van der Waals surface area contributed by atoms with E-state index in [4.69, 9.17) is 28.0 Å². The van der Waals surface area contributed by atoms with Crippen LogP contribution in [0.25, 0.3) is 5.69 Å². The Bertz CT molecular complexity index is 1160. The van der Waals surface area contributed by atoms with Crippen LogP contribution in [0.1, 0.15) is 41.9 Å². The molecule has 0 saturated carbocycles. The second kappa shape index (κ2) is 10.2. The van der Waals surface area contributed by atoms with Gasteiger partial charge >= 0.3 is 6.03 Å². The van der Waals surface area contributed by atoms with Crippen LogP contribution in [-0.2, 0) is 19.4 Å². The molecule has 8 nitrogen and oxygen atoms in total. The number of hydrazine groups is 2. The lowest BCUT2D eigenvalue weighted by molar-refractivity contribution is 0.216. The Balaban J connectivity index is 1.88. The summed E-state index contributed by atoms with van der Waals surface area (Å²) in [7, 11) is 1.44. The number of hydrogen-bond donors (Lipinski definition) is 2. The molecule has 2 amide bonds. The minimum atomic E-state index is -0.539. The molecule has 0 fully saturated rings. The van der Waals surface area contributed by atoms with Crippen molar-refractivity contribution < 1.29 is 9.53 Å². The summed E-state index contributed by atoms with van der Waals surface area (Å²) in [6.07, 6.45) is 1.67. The number of rotatable bonds is 7. The van der Waals surface area contributed by atoms with Gasteiger partial charge < -0.3 is 4.74 Å². The molecule has 0 spiro atoms. The van der Waals surface area contributed by atoms with Crippen LogP contribution in [0.3, 0.4) is 0 Å². The number of hydrogen-bond acceptors (Lipinski definition) is 5. The Labute approximate surface area is 199 Å². The lowest BCUT2D eigenvalue weighted by atomic mass is 10.0. The van der Waals surface area contributed by atoms with E-state index in [0.29, 0.717) is 16.5 Å². The van der Waals surface area contributed by atoms with E-state index in [1.54, 1.807) is 6.07 Å². The van der Waals surface area contributed by atoms with Gasteiger partial charge in [0.15, 0.2) is 0 Å². The van der Waals surface area contributed by atoms with Crippen molar-refractivity contribution >= 4 is 23.3 Å². The monoisotopic (exact) mass is 470 g/mol. The van der Waals surface area contributed by atoms with Gasteiger partial charge in [0.2, 0.25) is 0 Å². The Morgan fingerprint density at radius 2 is 1.85 bits per heavy atom. The fourth-order valence-electron chi connectivity index (χ4n) is 3.94. The number of nitrogens with two attached hydrogens (primary N) is 2. The number of aromatic nitrogens is 2. The first kappa shape index (κ1) is 24.6. The number of carbonyl (C=O) groups is 1. The van der Waals surface area contributed by atoms with Gasteiger partial charge in [-0.1, -0.05) is 37.6 Å². The molecule has 0 radical (unpaired) electrons. The highest BCUT2D eigenvalue weighted by atomic mass is 35.5. The van der Waals surface area contributed by atoms with Crippen molar-refractivity contribution in [2.45, 2.75) is 47.1 Å². The predicted molar refractivity (Wildman–Crippen MR) is 132 cm³/mol. The number of benzene rings is 2. The summed E-state index contributed by atoms with van der Waals surface area (Å²) >= 11 is 6.57. The normalized spacial score (nSPS) is 10.9. The molecule has 0 aliphatic heterocycles. The Hall–Kier alpha value is -3.07. The number of halogens is 1. The molecule has 0 aliphatic rings. The van der Waals surface area contributed by atoms with Crippen molar-refractivity contribution in [2.24, 2.45) is 11.7 Å². The predicted octanol–water partition coefficient (Wildman–Crippen LogP) is 4.45. The van der Waals surface area contributed by atoms with Crippen LogP contribution < -0.4 is 21.4 Å². The number of urea groups is 1. The number of aryl methyl sites for hydroxylation is 2. The zero-order chi connectivity index (χ0) is 24.3. The van der Waals surface area contributed by atoms with Crippen molar-refractivity contribution in [3.8, 4) is 11.4 Å². The van der Waals surface area contributed by atoms with Crippen molar-refractivity contribution in [3.63, 3.8) is 0 Å². The average Bonchev–Trinajstić information content (AvgIpc) is 3.09. The lowest BCUT2D eigenvalue weighted by Crippen LogP contribution is -2.49. The third-order valence-corrected chi connectivity index (χ3v) is 6.02. The molecule has 1 heterocycles. The van der Waals surface area contributed by atoms with E-state index >= 15 is 0 Å². The van der Waals surface area contributed by atoms with Gasteiger partial charge in [-0.15, -0.1) is 0 Å². The third-order valence-electron chi connectivity index (χ3n) is 5.72. The van der Waals surface area contributed by atoms with Gasteiger partial charge in [-0.2, -0.15) is 5.10 Å². The molecule has 1 aromatic heterocycles. The maximum Gasteiger partial charge on any atom is 0.352 e. The van der Waals surface area contributed by atoms with Crippen LogP contribution in [0.5, 0.6) is 5.75 Å². The lowest BCUT2D eigenvalue weighted by Gasteiger charge is -2.24. The number of ether oxygens (including phenoxy) is 1. The average molecular weight is 471 g/mol. The molecule has 2 aromatic carbocycles. The van der Waals surface area contributed by atoms with Gasteiger partial charge in [-0.25, -0.2) is 26.2 Å². The van der Waals surface area contributed by atoms with E-state index < -0.39 is 6.03 Å². The number of anilines is 1. The second-order valence-corrected chi connectivity index (χ2v) is 8.26. The summed E-state index contributed by atoms with van der Waals surface area (Å²) in [4.78, 5) is 12.3. The van der Waals surface area contributed by atoms with E-state index in [-0.39, 0.29) is 6.61 Å². The Morgan fingerprint density at radius 3 is 2.42 bits per heavy atom. The van der Waals surface area contributed by atoms with E-state index in [9.17, 15) is 4.79 Å². The molecule has 176 valence electrons. The fraction of sp³-hybridized carbons (Fsp3) is 0.333. The minimum absolute atomic E-state index is 0.188. The fourth-order valence-corrected chi connectivity index (χ4v) is 4.17. The van der Waals surface area contributed by atoms with E-state index in [2.05, 4.69) is 18.9 Å². The van der Waals surface area contributed by atoms with Crippen molar-refractivity contribution in [3.05, 3.63) is 69.5 Å². The third kappa shape index (κ3) is 4.98. The summed E-state index contributed by atoms with van der Waals surface area (Å²) in [5.74, 6) is 12.2. The van der Waals surface area contributed by atoms with Crippen LogP contribution in [0.15, 0.2) is 36.4 Å². The van der Waals surface area contributed by atoms with Gasteiger partial charge in [0.05, 0.1) is 22.1 Å². The first-order valence-electron chi connectivity index (χ1n) is 10.8. The quantitative estimate of drug-likeness (QED) is 0.301. The van der Waals surface area contributed by atoms with E-state index in [1.807, 2.05) is 48.9 Å². The maximum absolute atomic E-state index is 12.3. The molecule has 4 N–H and O–H groups in total. The van der Waals surface area contributed by atoms with E-state index in [1.165, 1.54) is 12.6 Å². The van der Waals surface area contributed by atoms with Crippen molar-refractivity contribution in [1.29, 1.82) is 0 Å². The van der Waals surface area contributed by atoms with Gasteiger partial charge in [0.25, 0.3) is 0 Å². The maximum atomic E-state index is 12.3. The van der Waals surface area contributed by atoms with Crippen LogP contribution >= 0.6 is 11.6 Å². The summed E-state index contributed by atoms with van der Waals surface area (Å²) in [5.41, 5.74) is 6.55. The minimum Gasteiger partial charge on any atom is -0.487 e. The van der Waals surface area contributed by atoms with Crippen LogP contribution in [-0.4, -0.2) is 27.9 Å². The smallest absolute Gasteiger partial charge is 0.352 e. The molecule has 3 aromatic rings. The molecule has 33 heavy (non-hydrogen) atoms. The molecule has 0 atom stereocenters. The highest BCUT2D eigenvalue weighted by Gasteiger charge is 2.20. The first-order chi connectivity index (χ1) is 15.7. The van der Waals surface area contributed by atoms with Crippen molar-refractivity contribution in [2.75, 3.05) is 12.1 Å². The molecule has 0 unspecified atom stereocenters. The molecular weight excluding hydrogens is 440 g/mol. The van der Waals surface area contributed by atoms with Crippen LogP contribution in [0.2, 0.25) is 5.02 Å². The van der Waals surface area contributed by atoms with Crippen molar-refractivity contribution in [1.82, 2.24) is 14.8 Å². The standard InChI is InChI=1S/C24H31ClN6O2/c1-6-17-9-8-10-22(30(27)24(32)29(5)26)20(17)14-33-23-12-11-18(13-21(23)25)31-16(4)19(7-2)15(3)28-31/h8-13H,6-7,14,26-27H2,1-5H3. The first-order valence-corrected chi connectivity index (χ1v) is 11.2. The molecular formula is C24H31ClN6O2. The zero-order valence-corrected chi connectivity index (χ0v) is 20.5. The molecule has 9 heteroatoms. The summed E-state index contributed by atoms with van der Waals surface area (Å²) in [6, 6.07) is 10.6. The topological polar surface area (TPSA) is 103 Å². The SMILES string of the molecule is CCc1cccc(N(N)C(=O)N(C)N)c1COc1ccc(-n2nc(C)c(CC)c2C)cc1Cl. The molecule has 0 bridgehead atoms. The zero-order valence-electron chi connectivity index (χ0n) is 19.7.